The molecule has 0 aliphatic carbocycles. The van der Waals surface area contributed by atoms with Crippen molar-refractivity contribution in [2.75, 3.05) is 11.2 Å². The summed E-state index contributed by atoms with van der Waals surface area (Å²) >= 11 is 5.59. The van der Waals surface area contributed by atoms with Crippen molar-refractivity contribution < 1.29 is 19.0 Å². The molecule has 0 bridgehead atoms. The summed E-state index contributed by atoms with van der Waals surface area (Å²) in [6.07, 6.45) is 2.08. The van der Waals surface area contributed by atoms with Crippen molar-refractivity contribution in [2.45, 2.75) is 12.5 Å². The first-order valence-corrected chi connectivity index (χ1v) is 11.3. The molecule has 6 nitrogen and oxygen atoms in total. The third kappa shape index (κ3) is 4.97. The van der Waals surface area contributed by atoms with Crippen molar-refractivity contribution in [1.29, 1.82) is 0 Å². The van der Waals surface area contributed by atoms with E-state index in [1.54, 1.807) is 12.3 Å². The largest absolute Gasteiger partial charge is 0.479 e. The van der Waals surface area contributed by atoms with Crippen LogP contribution in [-0.4, -0.2) is 16.8 Å². The number of carbonyl (C=O) groups is 1. The molecule has 1 aliphatic rings. The molecule has 1 unspecified atom stereocenters. The number of amides is 1. The maximum absolute atomic E-state index is 11.6. The maximum Gasteiger partial charge on any atom is 0.239 e. The lowest BCUT2D eigenvalue weighted by Crippen LogP contribution is -2.13. The number of aromatic nitrogens is 1. The third-order valence-corrected chi connectivity index (χ3v) is 5.52. The van der Waals surface area contributed by atoms with Crippen LogP contribution in [0.2, 0.25) is 0 Å². The van der Waals surface area contributed by atoms with Gasteiger partial charge in [0.15, 0.2) is 11.5 Å². The van der Waals surface area contributed by atoms with Gasteiger partial charge in [-0.2, -0.15) is 0 Å². The molecule has 170 valence electrons. The van der Waals surface area contributed by atoms with E-state index in [4.69, 9.17) is 25.8 Å². The lowest BCUT2D eigenvalue weighted by atomic mass is 10.1. The summed E-state index contributed by atoms with van der Waals surface area (Å²) in [5, 5.41) is 2.76. The molecular formula is C27H21ClN2O4. The highest BCUT2D eigenvalue weighted by atomic mass is 35.5. The Kier molecular flexibility index (Phi) is 6.31. The molecule has 1 atom stereocenters. The van der Waals surface area contributed by atoms with Crippen molar-refractivity contribution in [2.24, 2.45) is 0 Å². The lowest BCUT2D eigenvalue weighted by Gasteiger charge is -2.14. The topological polar surface area (TPSA) is 69.7 Å². The van der Waals surface area contributed by atoms with E-state index in [0.717, 1.165) is 22.8 Å². The molecule has 3 aromatic carbocycles. The predicted molar refractivity (Wildman–Crippen MR) is 130 cm³/mol. The fraction of sp³-hybridized carbons (Fsp3) is 0.111. The number of anilines is 1. The van der Waals surface area contributed by atoms with E-state index in [9.17, 15) is 4.79 Å². The van der Waals surface area contributed by atoms with Crippen molar-refractivity contribution in [1.82, 2.24) is 4.98 Å². The molecule has 0 fully saturated rings. The number of para-hydroxylation sites is 1. The number of nitrogens with zero attached hydrogens (tertiary/aromatic N) is 1. The second-order valence-corrected chi connectivity index (χ2v) is 7.96. The molecule has 1 aliphatic heterocycles. The number of halogens is 1. The standard InChI is InChI=1S/C27H21ClN2O4/c28-17-26(31)30-19-6-4-5-18(15-19)25-16-23-27(34-25)24(13-14-29-23)33-22-11-9-21(10-12-22)32-20-7-2-1-3-8-20/h1-15,25H,16-17H2,(H,30,31). The van der Waals surface area contributed by atoms with Crippen molar-refractivity contribution in [3.63, 3.8) is 0 Å². The number of alkyl halides is 1. The summed E-state index contributed by atoms with van der Waals surface area (Å²) < 4.78 is 18.2. The second kappa shape index (κ2) is 9.85. The highest BCUT2D eigenvalue weighted by molar-refractivity contribution is 6.29. The van der Waals surface area contributed by atoms with Gasteiger partial charge in [-0.25, -0.2) is 0 Å². The third-order valence-electron chi connectivity index (χ3n) is 5.28. The minimum atomic E-state index is -0.257. The van der Waals surface area contributed by atoms with E-state index in [1.807, 2.05) is 78.9 Å². The first-order valence-electron chi connectivity index (χ1n) is 10.8. The Morgan fingerprint density at radius 2 is 1.68 bits per heavy atom. The van der Waals surface area contributed by atoms with Crippen LogP contribution < -0.4 is 19.5 Å². The molecule has 0 spiro atoms. The Hall–Kier alpha value is -4.03. The summed E-state index contributed by atoms with van der Waals surface area (Å²) in [5.74, 6) is 3.01. The smallest absolute Gasteiger partial charge is 0.239 e. The van der Waals surface area contributed by atoms with Crippen molar-refractivity contribution >= 4 is 23.2 Å². The summed E-state index contributed by atoms with van der Waals surface area (Å²) in [4.78, 5) is 16.1. The number of rotatable bonds is 7. The molecule has 5 rings (SSSR count). The van der Waals surface area contributed by atoms with E-state index in [2.05, 4.69) is 10.3 Å². The maximum atomic E-state index is 11.6. The average Bonchev–Trinajstić information content (AvgIpc) is 3.32. The van der Waals surface area contributed by atoms with Gasteiger partial charge in [0.2, 0.25) is 5.91 Å². The van der Waals surface area contributed by atoms with Crippen LogP contribution >= 0.6 is 11.6 Å². The molecular weight excluding hydrogens is 452 g/mol. The zero-order chi connectivity index (χ0) is 23.3. The molecule has 1 N–H and O–H groups in total. The highest BCUT2D eigenvalue weighted by Gasteiger charge is 2.29. The van der Waals surface area contributed by atoms with E-state index in [0.29, 0.717) is 29.4 Å². The second-order valence-electron chi connectivity index (χ2n) is 7.69. The number of nitrogens with one attached hydrogen (secondary N) is 1. The Morgan fingerprint density at radius 3 is 2.44 bits per heavy atom. The molecule has 1 aromatic heterocycles. The van der Waals surface area contributed by atoms with Gasteiger partial charge in [0, 0.05) is 24.4 Å². The fourth-order valence-electron chi connectivity index (χ4n) is 3.71. The van der Waals surface area contributed by atoms with Gasteiger partial charge in [0.05, 0.1) is 5.69 Å². The molecule has 34 heavy (non-hydrogen) atoms. The zero-order valence-corrected chi connectivity index (χ0v) is 18.9. The summed E-state index contributed by atoms with van der Waals surface area (Å²) in [6.45, 7) is 0. The Labute approximate surface area is 202 Å². The van der Waals surface area contributed by atoms with Crippen LogP contribution in [0.1, 0.15) is 17.4 Å². The van der Waals surface area contributed by atoms with Gasteiger partial charge >= 0.3 is 0 Å². The molecule has 7 heteroatoms. The number of benzene rings is 3. The van der Waals surface area contributed by atoms with Crippen molar-refractivity contribution in [3.05, 3.63) is 102 Å². The van der Waals surface area contributed by atoms with Gasteiger partial charge in [-0.3, -0.25) is 9.78 Å². The van der Waals surface area contributed by atoms with Crippen LogP contribution in [0.15, 0.2) is 91.1 Å². The van der Waals surface area contributed by atoms with E-state index in [-0.39, 0.29) is 17.9 Å². The van der Waals surface area contributed by atoms with Gasteiger partial charge in [0.1, 0.15) is 29.2 Å². The van der Waals surface area contributed by atoms with Gasteiger partial charge in [-0.1, -0.05) is 30.3 Å². The number of hydrogen-bond donors (Lipinski definition) is 1. The molecule has 4 aromatic rings. The van der Waals surface area contributed by atoms with E-state index < -0.39 is 0 Å². The number of hydrogen-bond acceptors (Lipinski definition) is 5. The van der Waals surface area contributed by atoms with E-state index in [1.165, 1.54) is 0 Å². The minimum Gasteiger partial charge on any atom is -0.479 e. The molecule has 0 saturated carbocycles. The van der Waals surface area contributed by atoms with Gasteiger partial charge in [-0.15, -0.1) is 11.6 Å². The van der Waals surface area contributed by atoms with Crippen LogP contribution in [0.3, 0.4) is 0 Å². The summed E-state index contributed by atoms with van der Waals surface area (Å²) in [7, 11) is 0. The van der Waals surface area contributed by atoms with Crippen LogP contribution in [-0.2, 0) is 11.2 Å². The zero-order valence-electron chi connectivity index (χ0n) is 18.1. The SMILES string of the molecule is O=C(CCl)Nc1cccc(C2Cc3nccc(Oc4ccc(Oc5ccccc5)cc4)c3O2)c1. The number of fused-ring (bicyclic) bond motifs is 1. The average molecular weight is 473 g/mol. The normalized spacial score (nSPS) is 14.1. The molecule has 0 saturated heterocycles. The molecule has 2 heterocycles. The number of ether oxygens (including phenoxy) is 3. The van der Waals surface area contributed by atoms with Gasteiger partial charge in [0.25, 0.3) is 0 Å². The number of carbonyl (C=O) groups excluding carboxylic acids is 1. The monoisotopic (exact) mass is 472 g/mol. The Balaban J connectivity index is 1.29. The van der Waals surface area contributed by atoms with Gasteiger partial charge in [-0.05, 0) is 54.1 Å². The van der Waals surface area contributed by atoms with Crippen molar-refractivity contribution in [3.8, 4) is 28.7 Å². The van der Waals surface area contributed by atoms with Gasteiger partial charge < -0.3 is 19.5 Å². The van der Waals surface area contributed by atoms with Crippen LogP contribution in [0.4, 0.5) is 5.69 Å². The molecule has 1 amide bonds. The lowest BCUT2D eigenvalue weighted by molar-refractivity contribution is -0.113. The quantitative estimate of drug-likeness (QED) is 0.310. The Bertz CT molecular complexity index is 1300. The first kappa shape index (κ1) is 21.8. The summed E-state index contributed by atoms with van der Waals surface area (Å²) in [6, 6.07) is 26.3. The van der Waals surface area contributed by atoms with Crippen LogP contribution in [0, 0.1) is 0 Å². The minimum absolute atomic E-state index is 0.0976. The Morgan fingerprint density at radius 1 is 0.941 bits per heavy atom. The predicted octanol–water partition coefficient (Wildman–Crippen LogP) is 6.52. The fourth-order valence-corrected chi connectivity index (χ4v) is 3.77. The molecule has 0 radical (unpaired) electrons. The van der Waals surface area contributed by atoms with E-state index >= 15 is 0 Å². The first-order chi connectivity index (χ1) is 16.7. The van der Waals surface area contributed by atoms with Crippen LogP contribution in [0.25, 0.3) is 0 Å². The van der Waals surface area contributed by atoms with Crippen LogP contribution in [0.5, 0.6) is 28.7 Å². The number of pyridine rings is 1. The summed E-state index contributed by atoms with van der Waals surface area (Å²) in [5.41, 5.74) is 2.42. The highest BCUT2D eigenvalue weighted by Crippen LogP contribution is 2.43.